The minimum absolute atomic E-state index is 0.290. The molecule has 0 aliphatic rings. The molecule has 0 saturated heterocycles. The van der Waals surface area contributed by atoms with Gasteiger partial charge in [-0.2, -0.15) is 4.52 Å². The smallest absolute Gasteiger partial charge is 0.256 e. The third-order valence-electron chi connectivity index (χ3n) is 1.93. The number of hydrogen-bond donors (Lipinski definition) is 1. The summed E-state index contributed by atoms with van der Waals surface area (Å²) in [6.07, 6.45) is 0. The summed E-state index contributed by atoms with van der Waals surface area (Å²) in [6.45, 7) is 4.09. The Kier molecular flexibility index (Phi) is 2.36. The standard InChI is InChI=1S/C8H10ClN5O/c1-3-15-8-6(10)5(9)7-12-11-4(2)14(7)13-8/h3,10H2,1-2H3. The van der Waals surface area contributed by atoms with Gasteiger partial charge in [0.25, 0.3) is 5.88 Å². The van der Waals surface area contributed by atoms with Crippen LogP contribution in [0.4, 0.5) is 5.69 Å². The van der Waals surface area contributed by atoms with Crippen LogP contribution in [-0.4, -0.2) is 26.4 Å². The summed E-state index contributed by atoms with van der Waals surface area (Å²) < 4.78 is 6.76. The quantitative estimate of drug-likeness (QED) is 0.830. The molecule has 0 aliphatic heterocycles. The minimum atomic E-state index is 0.290. The van der Waals surface area contributed by atoms with Gasteiger partial charge in [-0.1, -0.05) is 11.6 Å². The first kappa shape index (κ1) is 9.97. The van der Waals surface area contributed by atoms with Gasteiger partial charge in [-0.15, -0.1) is 15.3 Å². The highest BCUT2D eigenvalue weighted by Gasteiger charge is 2.15. The molecule has 0 unspecified atom stereocenters. The van der Waals surface area contributed by atoms with Crippen molar-refractivity contribution in [3.05, 3.63) is 10.8 Å². The van der Waals surface area contributed by atoms with Crippen LogP contribution in [0.3, 0.4) is 0 Å². The Morgan fingerprint density at radius 2 is 2.20 bits per heavy atom. The molecule has 0 amide bonds. The summed E-state index contributed by atoms with van der Waals surface area (Å²) in [5.74, 6) is 0.936. The van der Waals surface area contributed by atoms with Gasteiger partial charge in [-0.05, 0) is 13.8 Å². The zero-order valence-corrected chi connectivity index (χ0v) is 9.12. The maximum absolute atomic E-state index is 6.01. The molecule has 15 heavy (non-hydrogen) atoms. The Bertz CT molecular complexity index is 509. The zero-order chi connectivity index (χ0) is 11.0. The Labute approximate surface area is 91.0 Å². The number of fused-ring (bicyclic) bond motifs is 1. The van der Waals surface area contributed by atoms with Crippen molar-refractivity contribution < 1.29 is 4.74 Å². The van der Waals surface area contributed by atoms with Gasteiger partial charge in [0.1, 0.15) is 10.7 Å². The minimum Gasteiger partial charge on any atom is -0.475 e. The molecule has 6 nitrogen and oxygen atoms in total. The fourth-order valence-corrected chi connectivity index (χ4v) is 1.42. The van der Waals surface area contributed by atoms with Gasteiger partial charge in [-0.3, -0.25) is 0 Å². The van der Waals surface area contributed by atoms with E-state index in [0.29, 0.717) is 34.7 Å². The van der Waals surface area contributed by atoms with E-state index in [4.69, 9.17) is 22.1 Å². The summed E-state index contributed by atoms with van der Waals surface area (Å²) in [4.78, 5) is 0. The van der Waals surface area contributed by atoms with Crippen molar-refractivity contribution in [2.75, 3.05) is 12.3 Å². The van der Waals surface area contributed by atoms with Crippen LogP contribution in [-0.2, 0) is 0 Å². The van der Waals surface area contributed by atoms with E-state index < -0.39 is 0 Å². The lowest BCUT2D eigenvalue weighted by Gasteiger charge is -2.07. The van der Waals surface area contributed by atoms with Crippen molar-refractivity contribution in [3.8, 4) is 5.88 Å². The lowest BCUT2D eigenvalue weighted by molar-refractivity contribution is 0.323. The molecule has 0 aliphatic carbocycles. The van der Waals surface area contributed by atoms with Crippen LogP contribution in [0.15, 0.2) is 0 Å². The molecule has 2 N–H and O–H groups in total. The Morgan fingerprint density at radius 1 is 1.47 bits per heavy atom. The number of rotatable bonds is 2. The van der Waals surface area contributed by atoms with Gasteiger partial charge in [-0.25, -0.2) is 0 Å². The van der Waals surface area contributed by atoms with Crippen LogP contribution < -0.4 is 10.5 Å². The molecule has 80 valence electrons. The van der Waals surface area contributed by atoms with Crippen molar-refractivity contribution in [2.45, 2.75) is 13.8 Å². The third kappa shape index (κ3) is 1.46. The first-order chi connectivity index (χ1) is 7.15. The number of ether oxygens (including phenoxy) is 1. The van der Waals surface area contributed by atoms with Crippen LogP contribution in [0.1, 0.15) is 12.7 Å². The van der Waals surface area contributed by atoms with Crippen LogP contribution >= 0.6 is 11.6 Å². The van der Waals surface area contributed by atoms with Crippen molar-refractivity contribution in [2.24, 2.45) is 0 Å². The third-order valence-corrected chi connectivity index (χ3v) is 2.30. The largest absolute Gasteiger partial charge is 0.475 e. The summed E-state index contributed by atoms with van der Waals surface area (Å²) >= 11 is 6.01. The molecule has 7 heteroatoms. The molecule has 2 aromatic heterocycles. The van der Waals surface area contributed by atoms with Crippen molar-refractivity contribution in [3.63, 3.8) is 0 Å². The molecule has 2 rings (SSSR count). The maximum atomic E-state index is 6.01. The molecular weight excluding hydrogens is 218 g/mol. The first-order valence-electron chi connectivity index (χ1n) is 4.45. The van der Waals surface area contributed by atoms with Crippen molar-refractivity contribution in [1.82, 2.24) is 19.8 Å². The highest BCUT2D eigenvalue weighted by atomic mass is 35.5. The van der Waals surface area contributed by atoms with Crippen LogP contribution in [0.25, 0.3) is 5.65 Å². The highest BCUT2D eigenvalue weighted by molar-refractivity contribution is 6.36. The van der Waals surface area contributed by atoms with Gasteiger partial charge < -0.3 is 10.5 Å². The number of aromatic nitrogens is 4. The van der Waals surface area contributed by atoms with Gasteiger partial charge in [0.05, 0.1) is 6.61 Å². The van der Waals surface area contributed by atoms with Crippen LogP contribution in [0.2, 0.25) is 5.02 Å². The van der Waals surface area contributed by atoms with Gasteiger partial charge >= 0.3 is 0 Å². The second-order valence-electron chi connectivity index (χ2n) is 2.95. The first-order valence-corrected chi connectivity index (χ1v) is 4.82. The molecule has 2 heterocycles. The van der Waals surface area contributed by atoms with E-state index in [1.54, 1.807) is 6.92 Å². The predicted octanol–water partition coefficient (Wildman–Crippen LogP) is 1.07. The lowest BCUT2D eigenvalue weighted by atomic mass is 10.4. The SMILES string of the molecule is CCOc1nn2c(C)nnc2c(Cl)c1N. The van der Waals surface area contributed by atoms with Gasteiger partial charge in [0, 0.05) is 0 Å². The average Bonchev–Trinajstić information content (AvgIpc) is 2.57. The topological polar surface area (TPSA) is 78.3 Å². The molecule has 0 saturated carbocycles. The number of aryl methyl sites for hydroxylation is 1. The molecule has 2 aromatic rings. The van der Waals surface area contributed by atoms with E-state index in [1.807, 2.05) is 6.92 Å². The molecule has 0 atom stereocenters. The highest BCUT2D eigenvalue weighted by Crippen LogP contribution is 2.30. The number of hydrogen-bond acceptors (Lipinski definition) is 5. The molecule has 0 aromatic carbocycles. The Hall–Kier alpha value is -1.56. The van der Waals surface area contributed by atoms with E-state index in [2.05, 4.69) is 15.3 Å². The number of halogens is 1. The molecule has 0 spiro atoms. The fraction of sp³-hybridized carbons (Fsp3) is 0.375. The predicted molar refractivity (Wildman–Crippen MR) is 56.1 cm³/mol. The monoisotopic (exact) mass is 227 g/mol. The molecule has 0 fully saturated rings. The zero-order valence-electron chi connectivity index (χ0n) is 8.36. The number of anilines is 1. The second kappa shape index (κ2) is 3.54. The van der Waals surface area contributed by atoms with E-state index in [9.17, 15) is 0 Å². The van der Waals surface area contributed by atoms with E-state index in [1.165, 1.54) is 4.52 Å². The summed E-state index contributed by atoms with van der Waals surface area (Å²) in [5, 5.41) is 12.2. The Morgan fingerprint density at radius 3 is 2.87 bits per heavy atom. The van der Waals surface area contributed by atoms with Crippen LogP contribution in [0, 0.1) is 6.92 Å². The number of nitrogens with zero attached hydrogens (tertiary/aromatic N) is 4. The van der Waals surface area contributed by atoms with E-state index in [0.717, 1.165) is 0 Å². The molecule has 0 bridgehead atoms. The fourth-order valence-electron chi connectivity index (χ4n) is 1.22. The van der Waals surface area contributed by atoms with Gasteiger partial charge in [0.2, 0.25) is 0 Å². The summed E-state index contributed by atoms with van der Waals surface area (Å²) in [6, 6.07) is 0. The summed E-state index contributed by atoms with van der Waals surface area (Å²) in [5.41, 5.74) is 6.47. The van der Waals surface area contributed by atoms with Crippen molar-refractivity contribution >= 4 is 22.9 Å². The molecular formula is C8H10ClN5O. The van der Waals surface area contributed by atoms with E-state index in [-0.39, 0.29) is 0 Å². The van der Waals surface area contributed by atoms with Gasteiger partial charge in [0.15, 0.2) is 11.5 Å². The van der Waals surface area contributed by atoms with Crippen LogP contribution in [0.5, 0.6) is 5.88 Å². The average molecular weight is 228 g/mol. The van der Waals surface area contributed by atoms with Crippen molar-refractivity contribution in [1.29, 1.82) is 0 Å². The number of nitrogen functional groups attached to an aromatic ring is 1. The summed E-state index contributed by atoms with van der Waals surface area (Å²) in [7, 11) is 0. The maximum Gasteiger partial charge on any atom is 0.256 e. The lowest BCUT2D eigenvalue weighted by Crippen LogP contribution is -2.05. The number of nitrogens with two attached hydrogens (primary N) is 1. The Balaban J connectivity index is 2.73. The second-order valence-corrected chi connectivity index (χ2v) is 3.33. The van der Waals surface area contributed by atoms with E-state index >= 15 is 0 Å². The normalized spacial score (nSPS) is 10.9. The molecule has 0 radical (unpaired) electrons.